The second-order valence-electron chi connectivity index (χ2n) is 5.04. The van der Waals surface area contributed by atoms with Crippen molar-refractivity contribution in [3.05, 3.63) is 49.9 Å². The average Bonchev–Trinajstić information content (AvgIpc) is 3.03. The molecule has 0 saturated carbocycles. The van der Waals surface area contributed by atoms with Crippen molar-refractivity contribution < 1.29 is 9.53 Å². The van der Waals surface area contributed by atoms with Crippen LogP contribution in [-0.4, -0.2) is 16.9 Å². The molecular formula is C16H14INO2S. The predicted molar refractivity (Wildman–Crippen MR) is 94.5 cm³/mol. The highest BCUT2D eigenvalue weighted by Crippen LogP contribution is 2.27. The van der Waals surface area contributed by atoms with E-state index in [9.17, 15) is 4.79 Å². The molecule has 2 heterocycles. The number of carbonyl (C=O) groups excluding carboxylic acids is 1. The molecule has 0 radical (unpaired) electrons. The van der Waals surface area contributed by atoms with E-state index in [0.29, 0.717) is 5.56 Å². The molecule has 3 rings (SSSR count). The topological polar surface area (TPSA) is 42.1 Å². The van der Waals surface area contributed by atoms with Crippen LogP contribution in [-0.2, 0) is 0 Å². The van der Waals surface area contributed by atoms with Crippen LogP contribution in [0.1, 0.15) is 29.8 Å². The molecule has 0 spiro atoms. The number of halogens is 1. The van der Waals surface area contributed by atoms with Gasteiger partial charge in [-0.3, -0.25) is 4.79 Å². The highest BCUT2D eigenvalue weighted by molar-refractivity contribution is 14.1. The van der Waals surface area contributed by atoms with Crippen molar-refractivity contribution in [3.63, 3.8) is 0 Å². The van der Waals surface area contributed by atoms with E-state index in [1.807, 2.05) is 43.5 Å². The van der Waals surface area contributed by atoms with Gasteiger partial charge in [0.05, 0.1) is 8.99 Å². The van der Waals surface area contributed by atoms with Crippen LogP contribution in [0.4, 0.5) is 0 Å². The summed E-state index contributed by atoms with van der Waals surface area (Å²) < 4.78 is 6.82. The molecule has 3 nitrogen and oxygen atoms in total. The normalized spacial score (nSPS) is 11.2. The smallest absolute Gasteiger partial charge is 0.196 e. The van der Waals surface area contributed by atoms with Gasteiger partial charge in [-0.1, -0.05) is 0 Å². The minimum Gasteiger partial charge on any atom is -0.491 e. The van der Waals surface area contributed by atoms with Gasteiger partial charge in [0.1, 0.15) is 5.75 Å². The number of aromatic amines is 1. The molecule has 0 aliphatic rings. The van der Waals surface area contributed by atoms with Crippen LogP contribution >= 0.6 is 33.9 Å². The van der Waals surface area contributed by atoms with Crippen LogP contribution in [0.5, 0.6) is 5.75 Å². The molecule has 5 heteroatoms. The van der Waals surface area contributed by atoms with Crippen molar-refractivity contribution in [2.45, 2.75) is 20.0 Å². The van der Waals surface area contributed by atoms with Gasteiger partial charge in [0, 0.05) is 33.6 Å². The van der Waals surface area contributed by atoms with Gasteiger partial charge in [-0.2, -0.15) is 0 Å². The van der Waals surface area contributed by atoms with E-state index in [0.717, 1.165) is 25.1 Å². The highest BCUT2D eigenvalue weighted by Gasteiger charge is 2.16. The van der Waals surface area contributed by atoms with E-state index >= 15 is 0 Å². The molecule has 0 amide bonds. The Kier molecular flexibility index (Phi) is 4.03. The molecule has 0 atom stereocenters. The largest absolute Gasteiger partial charge is 0.491 e. The second-order valence-corrected chi connectivity index (χ2v) is 7.85. The summed E-state index contributed by atoms with van der Waals surface area (Å²) >= 11 is 3.80. The van der Waals surface area contributed by atoms with Crippen LogP contribution in [0.2, 0.25) is 0 Å². The molecule has 3 aromatic rings. The summed E-state index contributed by atoms with van der Waals surface area (Å²) in [7, 11) is 0. The van der Waals surface area contributed by atoms with Crippen molar-refractivity contribution in [2.24, 2.45) is 0 Å². The average molecular weight is 411 g/mol. The van der Waals surface area contributed by atoms with Crippen molar-refractivity contribution >= 4 is 50.6 Å². The zero-order chi connectivity index (χ0) is 15.0. The predicted octanol–water partition coefficient (Wildman–Crippen LogP) is 4.85. The lowest BCUT2D eigenvalue weighted by Crippen LogP contribution is -2.05. The maximum Gasteiger partial charge on any atom is 0.196 e. The van der Waals surface area contributed by atoms with Gasteiger partial charge < -0.3 is 9.72 Å². The monoisotopic (exact) mass is 411 g/mol. The van der Waals surface area contributed by atoms with E-state index in [-0.39, 0.29) is 11.9 Å². The lowest BCUT2D eigenvalue weighted by Gasteiger charge is -2.09. The maximum absolute atomic E-state index is 12.6. The number of thiophene rings is 1. The van der Waals surface area contributed by atoms with Gasteiger partial charge in [-0.25, -0.2) is 0 Å². The standard InChI is InChI=1S/C16H14INO2S/c1-9(2)20-11-3-4-14-12(6-11)13(7-18-14)16(19)10-5-15(17)21-8-10/h3-9,18H,1-2H3. The lowest BCUT2D eigenvalue weighted by molar-refractivity contribution is 0.104. The third-order valence-corrected chi connectivity index (χ3v) is 4.89. The summed E-state index contributed by atoms with van der Waals surface area (Å²) in [4.78, 5) is 15.8. The number of ketones is 1. The zero-order valence-electron chi connectivity index (χ0n) is 11.6. The van der Waals surface area contributed by atoms with Crippen molar-refractivity contribution in [3.8, 4) is 5.75 Å². The Balaban J connectivity index is 2.04. The molecule has 0 unspecified atom stereocenters. The summed E-state index contributed by atoms with van der Waals surface area (Å²) in [6.07, 6.45) is 1.88. The van der Waals surface area contributed by atoms with Crippen LogP contribution in [0.15, 0.2) is 35.8 Å². The van der Waals surface area contributed by atoms with Crippen LogP contribution < -0.4 is 4.74 Å². The summed E-state index contributed by atoms with van der Waals surface area (Å²) in [6, 6.07) is 7.71. The Hall–Kier alpha value is -1.34. The molecule has 108 valence electrons. The van der Waals surface area contributed by atoms with E-state index < -0.39 is 0 Å². The maximum atomic E-state index is 12.6. The fraction of sp³-hybridized carbons (Fsp3) is 0.188. The fourth-order valence-corrected chi connectivity index (χ4v) is 3.54. The van der Waals surface area contributed by atoms with Crippen LogP contribution in [0.25, 0.3) is 10.9 Å². The van der Waals surface area contributed by atoms with E-state index in [1.165, 1.54) is 0 Å². The highest BCUT2D eigenvalue weighted by atomic mass is 127. The number of aromatic nitrogens is 1. The SMILES string of the molecule is CC(C)Oc1ccc2[nH]cc(C(=O)c3csc(I)c3)c2c1. The van der Waals surface area contributed by atoms with Gasteiger partial charge in [-0.05, 0) is 60.7 Å². The Morgan fingerprint density at radius 1 is 1.33 bits per heavy atom. The summed E-state index contributed by atoms with van der Waals surface area (Å²) in [6.45, 7) is 3.97. The molecule has 2 aromatic heterocycles. The summed E-state index contributed by atoms with van der Waals surface area (Å²) in [5, 5.41) is 2.80. The Morgan fingerprint density at radius 3 is 2.81 bits per heavy atom. The number of fused-ring (bicyclic) bond motifs is 1. The van der Waals surface area contributed by atoms with Crippen LogP contribution in [0.3, 0.4) is 0 Å². The fourth-order valence-electron chi connectivity index (χ4n) is 2.22. The molecule has 0 aliphatic carbocycles. The van der Waals surface area contributed by atoms with E-state index in [1.54, 1.807) is 17.5 Å². The van der Waals surface area contributed by atoms with Gasteiger partial charge in [-0.15, -0.1) is 11.3 Å². The minimum absolute atomic E-state index is 0.0436. The molecule has 0 aliphatic heterocycles. The first-order chi connectivity index (χ1) is 10.0. The molecule has 1 N–H and O–H groups in total. The number of carbonyl (C=O) groups is 1. The Labute approximate surface area is 140 Å². The van der Waals surface area contributed by atoms with Crippen molar-refractivity contribution in [1.29, 1.82) is 0 Å². The Morgan fingerprint density at radius 2 is 2.14 bits per heavy atom. The number of hydrogen-bond donors (Lipinski definition) is 1. The van der Waals surface area contributed by atoms with Gasteiger partial charge in [0.15, 0.2) is 5.78 Å². The summed E-state index contributed by atoms with van der Waals surface area (Å²) in [5.41, 5.74) is 2.37. The van der Waals surface area contributed by atoms with Crippen molar-refractivity contribution in [2.75, 3.05) is 0 Å². The molecule has 21 heavy (non-hydrogen) atoms. The van der Waals surface area contributed by atoms with Gasteiger partial charge >= 0.3 is 0 Å². The molecule has 1 aromatic carbocycles. The van der Waals surface area contributed by atoms with Gasteiger partial charge in [0.25, 0.3) is 0 Å². The number of rotatable bonds is 4. The number of H-pyrrole nitrogens is 1. The third-order valence-electron chi connectivity index (χ3n) is 3.10. The first kappa shape index (κ1) is 14.6. The number of ether oxygens (including phenoxy) is 1. The molecule has 0 fully saturated rings. The molecule has 0 saturated heterocycles. The van der Waals surface area contributed by atoms with E-state index in [4.69, 9.17) is 4.74 Å². The number of nitrogens with one attached hydrogen (secondary N) is 1. The van der Waals surface area contributed by atoms with E-state index in [2.05, 4.69) is 27.6 Å². The number of benzene rings is 1. The lowest BCUT2D eigenvalue weighted by atomic mass is 10.1. The van der Waals surface area contributed by atoms with Gasteiger partial charge in [0.2, 0.25) is 0 Å². The van der Waals surface area contributed by atoms with Crippen molar-refractivity contribution in [1.82, 2.24) is 4.98 Å². The first-order valence-corrected chi connectivity index (χ1v) is 8.57. The zero-order valence-corrected chi connectivity index (χ0v) is 14.6. The minimum atomic E-state index is 0.0436. The third kappa shape index (κ3) is 2.98. The quantitative estimate of drug-likeness (QED) is 0.493. The molecular weight excluding hydrogens is 397 g/mol. The van der Waals surface area contributed by atoms with Crippen LogP contribution in [0, 0.1) is 2.88 Å². The number of hydrogen-bond acceptors (Lipinski definition) is 3. The Bertz CT molecular complexity index is 804. The first-order valence-electron chi connectivity index (χ1n) is 6.61. The summed E-state index contributed by atoms with van der Waals surface area (Å²) in [5.74, 6) is 0.827. The second kappa shape index (κ2) is 5.81. The molecule has 0 bridgehead atoms.